The van der Waals surface area contributed by atoms with Gasteiger partial charge < -0.3 is 14.4 Å². The minimum Gasteiger partial charge on any atom is -0.486 e. The van der Waals surface area contributed by atoms with Crippen molar-refractivity contribution in [3.63, 3.8) is 0 Å². The summed E-state index contributed by atoms with van der Waals surface area (Å²) >= 11 is 0. The number of benzene rings is 4. The van der Waals surface area contributed by atoms with Crippen LogP contribution in [-0.4, -0.2) is 15.0 Å². The predicted molar refractivity (Wildman–Crippen MR) is 246 cm³/mol. The first kappa shape index (κ1) is 29.1. The zero-order valence-corrected chi connectivity index (χ0v) is 36.8. The van der Waals surface area contributed by atoms with Gasteiger partial charge in [-0.15, -0.1) is 47.5 Å². The fraction of sp³-hybridized carbons (Fsp3) is 0.291. The molecule has 1 saturated carbocycles. The van der Waals surface area contributed by atoms with E-state index in [4.69, 9.17) is 20.9 Å². The predicted octanol–water partition coefficient (Wildman–Crippen LogP) is 14.9. The number of rotatable bonds is 5. The van der Waals surface area contributed by atoms with Crippen LogP contribution in [0.4, 0.5) is 0 Å². The van der Waals surface area contributed by atoms with E-state index in [-0.39, 0.29) is 70.3 Å². The number of hydrogen-bond acceptors (Lipinski definition) is 4. The second-order valence-electron chi connectivity index (χ2n) is 17.1. The van der Waals surface area contributed by atoms with Gasteiger partial charge in [0.15, 0.2) is 0 Å². The smallest absolute Gasteiger partial charge is 0.216 e. The Bertz CT molecular complexity index is 3290. The molecule has 0 unspecified atom stereocenters. The molecule has 1 radical (unpaired) electrons. The van der Waals surface area contributed by atoms with Crippen LogP contribution < -0.4 is 0 Å². The van der Waals surface area contributed by atoms with Gasteiger partial charge in [-0.1, -0.05) is 119 Å². The summed E-state index contributed by atoms with van der Waals surface area (Å²) in [5.74, 6) is -0.941. The van der Waals surface area contributed by atoms with E-state index >= 15 is 0 Å². The average Bonchev–Trinajstić information content (AvgIpc) is 3.70. The second kappa shape index (κ2) is 17.4. The normalized spacial score (nSPS) is 18.6. The van der Waals surface area contributed by atoms with E-state index in [1.807, 2.05) is 42.5 Å². The monoisotopic (exact) mass is 979 g/mol. The summed E-state index contributed by atoms with van der Waals surface area (Å²) in [5, 5.41) is 1.23. The van der Waals surface area contributed by atoms with E-state index in [2.05, 4.69) is 67.8 Å². The quantitative estimate of drug-likeness (QED) is 0.161. The number of pyridine rings is 3. The van der Waals surface area contributed by atoms with E-state index in [1.165, 1.54) is 23.9 Å². The molecule has 1 aliphatic rings. The first-order valence-electron chi connectivity index (χ1n) is 26.4. The minimum atomic E-state index is -2.61. The van der Waals surface area contributed by atoms with Crippen molar-refractivity contribution >= 4 is 22.1 Å². The van der Waals surface area contributed by atoms with Crippen molar-refractivity contribution in [3.05, 3.63) is 161 Å². The van der Waals surface area contributed by atoms with Crippen LogP contribution in [-0.2, 0) is 25.5 Å². The van der Waals surface area contributed by atoms with Crippen molar-refractivity contribution in [2.45, 2.75) is 99.0 Å². The van der Waals surface area contributed by atoms with Crippen molar-refractivity contribution in [1.29, 1.82) is 0 Å². The Morgan fingerprint density at radius 2 is 1.55 bits per heavy atom. The molecule has 0 spiro atoms. The maximum atomic E-state index is 9.24. The van der Waals surface area contributed by atoms with Crippen molar-refractivity contribution < 1.29 is 42.3 Å². The molecule has 1 aliphatic carbocycles. The molecule has 0 N–H and O–H groups in total. The van der Waals surface area contributed by atoms with Gasteiger partial charge in [-0.05, 0) is 131 Å². The van der Waals surface area contributed by atoms with E-state index in [1.54, 1.807) is 48.7 Å². The van der Waals surface area contributed by atoms with E-state index in [0.717, 1.165) is 29.7 Å². The van der Waals surface area contributed by atoms with Gasteiger partial charge in [0, 0.05) is 61.4 Å². The van der Waals surface area contributed by atoms with Crippen LogP contribution in [0, 0.1) is 45.0 Å². The maximum Gasteiger partial charge on any atom is 0.216 e. The zero-order valence-electron chi connectivity index (χ0n) is 47.4. The summed E-state index contributed by atoms with van der Waals surface area (Å²) in [5.41, 5.74) is 6.64. The fourth-order valence-electron chi connectivity index (χ4n) is 7.68. The third-order valence-electron chi connectivity index (χ3n) is 11.3. The van der Waals surface area contributed by atoms with Gasteiger partial charge in [-0.2, -0.15) is 0 Å². The Hall–Kier alpha value is -5.22. The Kier molecular flexibility index (Phi) is 8.44. The van der Waals surface area contributed by atoms with Crippen LogP contribution >= 0.6 is 0 Å². The molecule has 5 heteroatoms. The number of furan rings is 1. The Morgan fingerprint density at radius 1 is 0.750 bits per heavy atom. The molecule has 0 aliphatic heterocycles. The fourth-order valence-corrected chi connectivity index (χ4v) is 7.68. The molecule has 4 aromatic carbocycles. The number of nitrogens with zero attached hydrogens (tertiary/aromatic N) is 3. The van der Waals surface area contributed by atoms with Gasteiger partial charge in [0.2, 0.25) is 5.71 Å². The number of fused-ring (bicyclic) bond motifs is 3. The molecule has 8 aromatic rings. The Labute approximate surface area is 388 Å². The topological polar surface area (TPSA) is 51.8 Å². The van der Waals surface area contributed by atoms with E-state index in [9.17, 15) is 1.37 Å². The van der Waals surface area contributed by atoms with Crippen LogP contribution in [0.25, 0.3) is 66.8 Å². The molecule has 0 saturated heterocycles. The minimum absolute atomic E-state index is 0. The van der Waals surface area contributed by atoms with Gasteiger partial charge in [0.1, 0.15) is 0 Å². The molecule has 60 heavy (non-hydrogen) atoms. The van der Waals surface area contributed by atoms with Crippen LogP contribution in [0.1, 0.15) is 118 Å². The summed E-state index contributed by atoms with van der Waals surface area (Å²) in [7, 11) is 0. The molecule has 9 rings (SSSR count). The zero-order chi connectivity index (χ0) is 52.4. The van der Waals surface area contributed by atoms with Crippen LogP contribution in [0.5, 0.6) is 0 Å². The number of hydrogen-bond donors (Lipinski definition) is 0. The first-order chi connectivity index (χ1) is 33.4. The number of aryl methyl sites for hydroxylation is 4. The molecule has 4 heterocycles. The standard InChI is InChI=1S/C33H33N2O.C22H22N.Ir/c1-20-17-24(23-13-15-33(4,5)16-14-23)10-12-25(20)29-18-30(34-19-21(29)2)28-8-6-7-26-27-11-9-22(3)35-32(27)36-31(26)28;1-16-10-11-18(14-20(16)17-8-6-5-7-9-17)21-15-19(12-13-23-21)22(2,3)4;/h6-7,9-12,17-19,23H,13-16H2,1-5H3;5-10,12-15H,1-4H3;/q2*-1;/i1D3,2D3,3D3,23D;1D3;. The summed E-state index contributed by atoms with van der Waals surface area (Å²) in [6.07, 6.45) is 5.90. The maximum absolute atomic E-state index is 9.24. The second-order valence-corrected chi connectivity index (χ2v) is 17.1. The number of aromatic nitrogens is 3. The van der Waals surface area contributed by atoms with Gasteiger partial charge >= 0.3 is 0 Å². The molecular formula is C55H55IrN3O-2. The largest absolute Gasteiger partial charge is 0.486 e. The molecule has 1 fully saturated rings. The molecular weight excluding hydrogens is 911 g/mol. The SMILES string of the molecule is [2H]C([2H])([2H])c1c[c-]c(-c2cc(C(C)(C)C)ccn2)cc1-c1ccccc1.[2H]C([2H])([2H])c1ccc2c(n1)oc1c(-c3cc(-c4ccc(C5([2H])CCC(C)(C)CC5)cc4C([2H])([2H])[2H])c(C([2H])([2H])[2H])cn3)[c-]ccc12.[Ir]. The van der Waals surface area contributed by atoms with Gasteiger partial charge in [-0.25, -0.2) is 4.98 Å². The summed E-state index contributed by atoms with van der Waals surface area (Å²) in [6.45, 7) is 0.997. The van der Waals surface area contributed by atoms with Crippen LogP contribution in [0.15, 0.2) is 120 Å². The molecule has 0 atom stereocenters. The van der Waals surface area contributed by atoms with E-state index in [0.29, 0.717) is 51.5 Å². The van der Waals surface area contributed by atoms with Crippen molar-refractivity contribution in [1.82, 2.24) is 15.0 Å². The summed E-state index contributed by atoms with van der Waals surface area (Å²) < 4.78 is 112. The van der Waals surface area contributed by atoms with Crippen molar-refractivity contribution in [2.24, 2.45) is 5.41 Å². The molecule has 4 aromatic heterocycles. The molecule has 0 bridgehead atoms. The molecule has 0 amide bonds. The Balaban J connectivity index is 0.000000245. The summed E-state index contributed by atoms with van der Waals surface area (Å²) in [4.78, 5) is 13.1. The molecule has 4 nitrogen and oxygen atoms in total. The van der Waals surface area contributed by atoms with Crippen molar-refractivity contribution in [2.75, 3.05) is 0 Å². The van der Waals surface area contributed by atoms with Gasteiger partial charge in [0.25, 0.3) is 0 Å². The molecule has 307 valence electrons. The third kappa shape index (κ3) is 9.09. The van der Waals surface area contributed by atoms with Crippen LogP contribution in [0.3, 0.4) is 0 Å². The van der Waals surface area contributed by atoms with Gasteiger partial charge in [-0.3, -0.25) is 0 Å². The first-order valence-corrected chi connectivity index (χ1v) is 19.9. The van der Waals surface area contributed by atoms with Crippen molar-refractivity contribution in [3.8, 4) is 44.8 Å². The Morgan fingerprint density at radius 3 is 2.30 bits per heavy atom. The van der Waals surface area contributed by atoms with Crippen LogP contribution in [0.2, 0.25) is 0 Å². The van der Waals surface area contributed by atoms with E-state index < -0.39 is 33.3 Å². The average molecular weight is 979 g/mol. The summed E-state index contributed by atoms with van der Waals surface area (Å²) in [6, 6.07) is 36.3. The van der Waals surface area contributed by atoms with Gasteiger partial charge in [0.05, 0.1) is 5.58 Å². The third-order valence-corrected chi connectivity index (χ3v) is 11.3.